The first-order valence-electron chi connectivity index (χ1n) is 4.64. The molecule has 82 valence electrons. The van der Waals surface area contributed by atoms with Gasteiger partial charge in [-0.2, -0.15) is 0 Å². The van der Waals surface area contributed by atoms with Crippen LogP contribution in [0.2, 0.25) is 0 Å². The topological polar surface area (TPSA) is 49.7 Å². The van der Waals surface area contributed by atoms with E-state index in [0.717, 1.165) is 4.90 Å². The number of aromatic hydroxyl groups is 2. The summed E-state index contributed by atoms with van der Waals surface area (Å²) in [6.07, 6.45) is 0. The predicted molar refractivity (Wildman–Crippen MR) is 63.5 cm³/mol. The third-order valence-corrected chi connectivity index (χ3v) is 2.31. The van der Waals surface area contributed by atoms with Gasteiger partial charge in [-0.15, -0.1) is 12.6 Å². The highest BCUT2D eigenvalue weighted by molar-refractivity contribution is 7.80. The molecule has 2 N–H and O–H groups in total. The quantitative estimate of drug-likeness (QED) is 0.552. The summed E-state index contributed by atoms with van der Waals surface area (Å²) in [6.45, 7) is 0. The minimum absolute atomic E-state index is 0.0206. The number of phenols is 2. The van der Waals surface area contributed by atoms with Crippen molar-refractivity contribution in [2.24, 2.45) is 0 Å². The van der Waals surface area contributed by atoms with Gasteiger partial charge in [0.15, 0.2) is 11.5 Å². The molecule has 0 atom stereocenters. The number of phenolic OH excluding ortho intramolecular Hbond substituents is 2. The van der Waals surface area contributed by atoms with Crippen LogP contribution in [0.15, 0.2) is 47.4 Å². The van der Waals surface area contributed by atoms with Crippen LogP contribution in [-0.2, 0) is 0 Å². The van der Waals surface area contributed by atoms with Crippen LogP contribution in [-0.4, -0.2) is 10.2 Å². The molecule has 16 heavy (non-hydrogen) atoms. The number of ether oxygens (including phenoxy) is 1. The van der Waals surface area contributed by atoms with Gasteiger partial charge in [-0.05, 0) is 36.4 Å². The average Bonchev–Trinajstić information content (AvgIpc) is 2.27. The van der Waals surface area contributed by atoms with Crippen molar-refractivity contribution in [2.45, 2.75) is 4.90 Å². The van der Waals surface area contributed by atoms with E-state index in [0.29, 0.717) is 5.75 Å². The summed E-state index contributed by atoms with van der Waals surface area (Å²) in [6, 6.07) is 11.1. The third-order valence-electron chi connectivity index (χ3n) is 2.01. The minimum Gasteiger partial charge on any atom is -0.508 e. The Labute approximate surface area is 98.3 Å². The highest BCUT2D eigenvalue weighted by Gasteiger charge is 2.04. The Kier molecular flexibility index (Phi) is 2.92. The Hall–Kier alpha value is -1.81. The molecule has 0 fully saturated rings. The molecule has 4 heteroatoms. The van der Waals surface area contributed by atoms with Crippen LogP contribution in [0.1, 0.15) is 0 Å². The van der Waals surface area contributed by atoms with Crippen LogP contribution in [0.5, 0.6) is 23.0 Å². The number of hydrogen-bond donors (Lipinski definition) is 3. The van der Waals surface area contributed by atoms with E-state index < -0.39 is 0 Å². The lowest BCUT2D eigenvalue weighted by Crippen LogP contribution is -1.84. The first-order chi connectivity index (χ1) is 7.65. The first kappa shape index (κ1) is 10.7. The lowest BCUT2D eigenvalue weighted by molar-refractivity contribution is 0.403. The van der Waals surface area contributed by atoms with Gasteiger partial charge in [-0.25, -0.2) is 0 Å². The lowest BCUT2D eigenvalue weighted by Gasteiger charge is -2.07. The Morgan fingerprint density at radius 3 is 2.31 bits per heavy atom. The molecule has 0 amide bonds. The maximum Gasteiger partial charge on any atom is 0.172 e. The van der Waals surface area contributed by atoms with Crippen molar-refractivity contribution in [3.8, 4) is 23.0 Å². The molecule has 0 aromatic heterocycles. The Bertz CT molecular complexity index is 494. The molecule has 2 aromatic rings. The molecule has 2 aromatic carbocycles. The van der Waals surface area contributed by atoms with Gasteiger partial charge in [0.1, 0.15) is 11.5 Å². The van der Waals surface area contributed by atoms with E-state index in [1.54, 1.807) is 24.3 Å². The summed E-state index contributed by atoms with van der Waals surface area (Å²) in [5.74, 6) is 0.803. The zero-order chi connectivity index (χ0) is 11.5. The largest absolute Gasteiger partial charge is 0.508 e. The molecule has 2 rings (SSSR count). The average molecular weight is 234 g/mol. The Morgan fingerprint density at radius 1 is 0.938 bits per heavy atom. The molecule has 0 aliphatic rings. The molecule has 0 unspecified atom stereocenters. The fraction of sp³-hybridized carbons (Fsp3) is 0. The molecule has 0 radical (unpaired) electrons. The van der Waals surface area contributed by atoms with Crippen LogP contribution in [0, 0.1) is 0 Å². The molecular weight excluding hydrogens is 224 g/mol. The van der Waals surface area contributed by atoms with Gasteiger partial charge in [0.25, 0.3) is 0 Å². The molecule has 3 nitrogen and oxygen atoms in total. The van der Waals surface area contributed by atoms with Gasteiger partial charge in [0, 0.05) is 11.0 Å². The second-order valence-corrected chi connectivity index (χ2v) is 3.76. The molecule has 0 heterocycles. The van der Waals surface area contributed by atoms with Gasteiger partial charge >= 0.3 is 0 Å². The van der Waals surface area contributed by atoms with Gasteiger partial charge in [0.2, 0.25) is 0 Å². The summed E-state index contributed by atoms with van der Waals surface area (Å²) in [7, 11) is 0. The van der Waals surface area contributed by atoms with Gasteiger partial charge in [0.05, 0.1) is 0 Å². The van der Waals surface area contributed by atoms with Crippen LogP contribution in [0.25, 0.3) is 0 Å². The van der Waals surface area contributed by atoms with Crippen LogP contribution < -0.4 is 4.74 Å². The molecule has 0 bridgehead atoms. The second kappa shape index (κ2) is 4.37. The van der Waals surface area contributed by atoms with Crippen molar-refractivity contribution in [3.05, 3.63) is 42.5 Å². The predicted octanol–water partition coefficient (Wildman–Crippen LogP) is 3.18. The Balaban J connectivity index is 2.26. The van der Waals surface area contributed by atoms with Crippen molar-refractivity contribution in [1.29, 1.82) is 0 Å². The fourth-order valence-corrected chi connectivity index (χ4v) is 1.37. The van der Waals surface area contributed by atoms with Crippen LogP contribution in [0.4, 0.5) is 0 Å². The van der Waals surface area contributed by atoms with Gasteiger partial charge in [-0.1, -0.05) is 0 Å². The van der Waals surface area contributed by atoms with Crippen LogP contribution >= 0.6 is 12.6 Å². The SMILES string of the molecule is Oc1ccc(O)c(Oc2ccc(S)cc2)c1. The number of thiol groups is 1. The third kappa shape index (κ3) is 2.41. The smallest absolute Gasteiger partial charge is 0.172 e. The maximum atomic E-state index is 9.50. The molecule has 0 spiro atoms. The van der Waals surface area contributed by atoms with Crippen molar-refractivity contribution < 1.29 is 14.9 Å². The number of rotatable bonds is 2. The molecule has 0 aliphatic carbocycles. The lowest BCUT2D eigenvalue weighted by atomic mass is 10.3. The summed E-state index contributed by atoms with van der Waals surface area (Å²) < 4.78 is 5.40. The Morgan fingerprint density at radius 2 is 1.62 bits per heavy atom. The van der Waals surface area contributed by atoms with Gasteiger partial charge < -0.3 is 14.9 Å². The highest BCUT2D eigenvalue weighted by Crippen LogP contribution is 2.33. The molecule has 0 aliphatic heterocycles. The maximum absolute atomic E-state index is 9.50. The van der Waals surface area contributed by atoms with Gasteiger partial charge in [-0.3, -0.25) is 0 Å². The molecule has 0 saturated carbocycles. The van der Waals surface area contributed by atoms with E-state index in [9.17, 15) is 10.2 Å². The summed E-state index contributed by atoms with van der Waals surface area (Å²) >= 11 is 4.15. The normalized spacial score (nSPS) is 10.1. The minimum atomic E-state index is -0.0206. The van der Waals surface area contributed by atoms with E-state index in [2.05, 4.69) is 12.6 Å². The molecular formula is C12H10O3S. The highest BCUT2D eigenvalue weighted by atomic mass is 32.1. The van der Waals surface area contributed by atoms with Crippen molar-refractivity contribution in [2.75, 3.05) is 0 Å². The van der Waals surface area contributed by atoms with E-state index in [-0.39, 0.29) is 17.2 Å². The summed E-state index contributed by atoms with van der Waals surface area (Å²) in [5.41, 5.74) is 0. The van der Waals surface area contributed by atoms with Crippen molar-refractivity contribution >= 4 is 12.6 Å². The zero-order valence-corrected chi connectivity index (χ0v) is 9.19. The number of hydrogen-bond acceptors (Lipinski definition) is 4. The van der Waals surface area contributed by atoms with Crippen LogP contribution in [0.3, 0.4) is 0 Å². The van der Waals surface area contributed by atoms with Crippen molar-refractivity contribution in [3.63, 3.8) is 0 Å². The summed E-state index contributed by atoms with van der Waals surface area (Å²) in [5, 5.41) is 18.8. The fourth-order valence-electron chi connectivity index (χ4n) is 1.23. The van der Waals surface area contributed by atoms with E-state index in [4.69, 9.17) is 4.74 Å². The zero-order valence-electron chi connectivity index (χ0n) is 8.29. The van der Waals surface area contributed by atoms with E-state index in [1.807, 2.05) is 0 Å². The molecule has 0 saturated heterocycles. The second-order valence-electron chi connectivity index (χ2n) is 3.25. The monoisotopic (exact) mass is 234 g/mol. The van der Waals surface area contributed by atoms with Crippen molar-refractivity contribution in [1.82, 2.24) is 0 Å². The number of benzene rings is 2. The first-order valence-corrected chi connectivity index (χ1v) is 5.09. The summed E-state index contributed by atoms with van der Waals surface area (Å²) in [4.78, 5) is 0.826. The van der Waals surface area contributed by atoms with E-state index >= 15 is 0 Å². The van der Waals surface area contributed by atoms with E-state index in [1.165, 1.54) is 18.2 Å². The standard InChI is InChI=1S/C12H10O3S/c13-8-1-6-11(14)12(7-8)15-9-2-4-10(16)5-3-9/h1-7,13-14,16H.